The molecule has 4 aromatic rings. The molecule has 1 heterocycles. The lowest BCUT2D eigenvalue weighted by Gasteiger charge is -2.17. The summed E-state index contributed by atoms with van der Waals surface area (Å²) in [6, 6.07) is 26.7. The van der Waals surface area contributed by atoms with Gasteiger partial charge in [0.15, 0.2) is 0 Å². The molecule has 38 heavy (non-hydrogen) atoms. The molecule has 192 valence electrons. The second kappa shape index (κ2) is 12.2. The molecule has 0 saturated carbocycles. The molecule has 0 fully saturated rings. The molecule has 0 radical (unpaired) electrons. The van der Waals surface area contributed by atoms with E-state index in [1.54, 1.807) is 39.3 Å². The molecule has 0 aliphatic heterocycles. The Morgan fingerprint density at radius 2 is 1.58 bits per heavy atom. The zero-order valence-electron chi connectivity index (χ0n) is 21.5. The lowest BCUT2D eigenvalue weighted by Crippen LogP contribution is -2.23. The van der Waals surface area contributed by atoms with E-state index in [2.05, 4.69) is 11.4 Å². The van der Waals surface area contributed by atoms with Gasteiger partial charge in [0.1, 0.15) is 28.3 Å². The fourth-order valence-electron chi connectivity index (χ4n) is 3.83. The number of pyridine rings is 1. The van der Waals surface area contributed by atoms with Crippen LogP contribution in [0.15, 0.2) is 83.9 Å². The molecule has 0 saturated heterocycles. The largest absolute Gasteiger partial charge is 0.497 e. The summed E-state index contributed by atoms with van der Waals surface area (Å²) in [4.78, 5) is 18.0. The number of carbonyl (C=O) groups is 1. The molecule has 0 aliphatic carbocycles. The number of aromatic nitrogens is 1. The molecule has 0 bridgehead atoms. The first kappa shape index (κ1) is 26.6. The molecule has 1 unspecified atom stereocenters. The number of hydrogen-bond donors (Lipinski definition) is 1. The van der Waals surface area contributed by atoms with Crippen molar-refractivity contribution in [2.24, 2.45) is 0 Å². The maximum Gasteiger partial charge on any atom is 0.237 e. The third-order valence-corrected chi connectivity index (χ3v) is 6.98. The van der Waals surface area contributed by atoms with Crippen molar-refractivity contribution in [3.63, 3.8) is 0 Å². The second-order valence-corrected chi connectivity index (χ2v) is 9.59. The molecule has 7 nitrogen and oxygen atoms in total. The van der Waals surface area contributed by atoms with Gasteiger partial charge in [0.2, 0.25) is 5.91 Å². The normalized spacial score (nSPS) is 11.2. The number of ether oxygens (including phenoxy) is 3. The Bertz CT molecular complexity index is 1470. The first-order valence-corrected chi connectivity index (χ1v) is 12.7. The van der Waals surface area contributed by atoms with Crippen molar-refractivity contribution in [3.8, 4) is 45.7 Å². The standard InChI is InChI=1S/C30H27N3O4S/c1-19(29(34)32-26-15-14-23(36-3)16-28(26)37-4)38-30-25(18-31)24(20-10-12-22(35-2)13-11-20)17-27(33-30)21-8-6-5-7-9-21/h5-17,19H,1-4H3,(H,32,34). The third-order valence-electron chi connectivity index (χ3n) is 5.89. The summed E-state index contributed by atoms with van der Waals surface area (Å²) in [5, 5.41) is 13.0. The highest BCUT2D eigenvalue weighted by molar-refractivity contribution is 8.00. The maximum absolute atomic E-state index is 13.2. The molecule has 8 heteroatoms. The van der Waals surface area contributed by atoms with Crippen molar-refractivity contribution >= 4 is 23.4 Å². The van der Waals surface area contributed by atoms with Crippen LogP contribution >= 0.6 is 11.8 Å². The predicted octanol–water partition coefficient (Wildman–Crippen LogP) is 6.43. The van der Waals surface area contributed by atoms with Crippen molar-refractivity contribution < 1.29 is 19.0 Å². The van der Waals surface area contributed by atoms with Gasteiger partial charge in [0, 0.05) is 17.2 Å². The average molecular weight is 526 g/mol. The molecule has 4 rings (SSSR count). The van der Waals surface area contributed by atoms with Crippen LogP contribution in [0.5, 0.6) is 17.2 Å². The number of benzene rings is 3. The lowest BCUT2D eigenvalue weighted by molar-refractivity contribution is -0.115. The second-order valence-electron chi connectivity index (χ2n) is 8.26. The van der Waals surface area contributed by atoms with Gasteiger partial charge in [-0.25, -0.2) is 4.98 Å². The summed E-state index contributed by atoms with van der Waals surface area (Å²) in [6.07, 6.45) is 0. The number of carbonyl (C=O) groups excluding carboxylic acids is 1. The Morgan fingerprint density at radius 1 is 0.895 bits per heavy atom. The van der Waals surface area contributed by atoms with E-state index in [9.17, 15) is 10.1 Å². The van der Waals surface area contributed by atoms with Gasteiger partial charge in [-0.05, 0) is 42.8 Å². The summed E-state index contributed by atoms with van der Waals surface area (Å²) >= 11 is 1.23. The smallest absolute Gasteiger partial charge is 0.237 e. The minimum atomic E-state index is -0.559. The molecular formula is C30H27N3O4S. The predicted molar refractivity (Wildman–Crippen MR) is 150 cm³/mol. The number of nitrogens with zero attached hydrogens (tertiary/aromatic N) is 2. The number of thioether (sulfide) groups is 1. The van der Waals surface area contributed by atoms with Crippen LogP contribution in [0.3, 0.4) is 0 Å². The zero-order chi connectivity index (χ0) is 27.1. The maximum atomic E-state index is 13.2. The number of nitriles is 1. The SMILES string of the molecule is COc1ccc(-c2cc(-c3ccccc3)nc(SC(C)C(=O)Nc3ccc(OC)cc3OC)c2C#N)cc1. The number of methoxy groups -OCH3 is 3. The number of hydrogen-bond acceptors (Lipinski definition) is 7. The van der Waals surface area contributed by atoms with Gasteiger partial charge in [-0.3, -0.25) is 4.79 Å². The van der Waals surface area contributed by atoms with Gasteiger partial charge >= 0.3 is 0 Å². The van der Waals surface area contributed by atoms with E-state index in [-0.39, 0.29) is 5.91 Å². The first-order chi connectivity index (χ1) is 18.5. The molecule has 0 spiro atoms. The fraction of sp³-hybridized carbons (Fsp3) is 0.167. The van der Waals surface area contributed by atoms with Crippen molar-refractivity contribution in [1.29, 1.82) is 5.26 Å². The van der Waals surface area contributed by atoms with Gasteiger partial charge < -0.3 is 19.5 Å². The highest BCUT2D eigenvalue weighted by atomic mass is 32.2. The number of rotatable bonds is 9. The monoisotopic (exact) mass is 525 g/mol. The van der Waals surface area contributed by atoms with Crippen LogP contribution in [0.1, 0.15) is 12.5 Å². The van der Waals surface area contributed by atoms with Crippen LogP contribution in [0.25, 0.3) is 22.4 Å². The van der Waals surface area contributed by atoms with E-state index < -0.39 is 5.25 Å². The van der Waals surface area contributed by atoms with Gasteiger partial charge in [0.05, 0.1) is 43.5 Å². The quantitative estimate of drug-likeness (QED) is 0.252. The van der Waals surface area contributed by atoms with Crippen LogP contribution < -0.4 is 19.5 Å². The summed E-state index contributed by atoms with van der Waals surface area (Å²) in [5.74, 6) is 1.58. The Hall–Kier alpha value is -4.48. The average Bonchev–Trinajstić information content (AvgIpc) is 2.97. The van der Waals surface area contributed by atoms with Crippen molar-refractivity contribution in [2.45, 2.75) is 17.2 Å². The highest BCUT2D eigenvalue weighted by Gasteiger charge is 2.22. The van der Waals surface area contributed by atoms with Crippen LogP contribution in [0.4, 0.5) is 5.69 Å². The number of nitrogens with one attached hydrogen (secondary N) is 1. The van der Waals surface area contributed by atoms with Gasteiger partial charge in [0.25, 0.3) is 0 Å². The third kappa shape index (κ3) is 5.90. The number of amides is 1. The summed E-state index contributed by atoms with van der Waals surface area (Å²) < 4.78 is 15.9. The summed E-state index contributed by atoms with van der Waals surface area (Å²) in [5.41, 5.74) is 4.13. The van der Waals surface area contributed by atoms with E-state index >= 15 is 0 Å². The minimum Gasteiger partial charge on any atom is -0.497 e. The Balaban J connectivity index is 1.70. The van der Waals surface area contributed by atoms with E-state index in [0.29, 0.717) is 33.5 Å². The van der Waals surface area contributed by atoms with Crippen LogP contribution in [-0.2, 0) is 4.79 Å². The zero-order valence-corrected chi connectivity index (χ0v) is 22.3. The van der Waals surface area contributed by atoms with Crippen molar-refractivity contribution in [3.05, 3.63) is 84.4 Å². The summed E-state index contributed by atoms with van der Waals surface area (Å²) in [7, 11) is 4.70. The highest BCUT2D eigenvalue weighted by Crippen LogP contribution is 2.37. The summed E-state index contributed by atoms with van der Waals surface area (Å²) in [6.45, 7) is 1.78. The van der Waals surface area contributed by atoms with E-state index in [1.165, 1.54) is 18.9 Å². The molecule has 1 aromatic heterocycles. The molecular weight excluding hydrogens is 498 g/mol. The topological polar surface area (TPSA) is 93.5 Å². The first-order valence-electron chi connectivity index (χ1n) is 11.8. The van der Waals surface area contributed by atoms with Crippen LogP contribution in [0, 0.1) is 11.3 Å². The minimum absolute atomic E-state index is 0.250. The van der Waals surface area contributed by atoms with Gasteiger partial charge in [-0.2, -0.15) is 5.26 Å². The number of anilines is 1. The molecule has 3 aromatic carbocycles. The molecule has 1 N–H and O–H groups in total. The molecule has 0 aliphatic rings. The Labute approximate surface area is 226 Å². The van der Waals surface area contributed by atoms with E-state index in [4.69, 9.17) is 19.2 Å². The van der Waals surface area contributed by atoms with E-state index in [1.807, 2.05) is 60.7 Å². The van der Waals surface area contributed by atoms with Gasteiger partial charge in [-0.1, -0.05) is 54.2 Å². The Morgan fingerprint density at radius 3 is 2.21 bits per heavy atom. The van der Waals surface area contributed by atoms with Crippen molar-refractivity contribution in [1.82, 2.24) is 4.98 Å². The Kier molecular flexibility index (Phi) is 8.51. The lowest BCUT2D eigenvalue weighted by atomic mass is 9.99. The van der Waals surface area contributed by atoms with E-state index in [0.717, 1.165) is 22.4 Å². The molecule has 1 amide bonds. The van der Waals surface area contributed by atoms with Crippen molar-refractivity contribution in [2.75, 3.05) is 26.6 Å². The van der Waals surface area contributed by atoms with Crippen LogP contribution in [-0.4, -0.2) is 37.5 Å². The molecule has 1 atom stereocenters. The van der Waals surface area contributed by atoms with Crippen LogP contribution in [0.2, 0.25) is 0 Å². The fourth-order valence-corrected chi connectivity index (χ4v) is 4.75. The van der Waals surface area contributed by atoms with Gasteiger partial charge in [-0.15, -0.1) is 0 Å².